The summed E-state index contributed by atoms with van der Waals surface area (Å²) < 4.78 is 5.13. The molecular formula is C19H18ClNO3. The molecule has 3 rings (SSSR count). The molecule has 1 amide bonds. The maximum absolute atomic E-state index is 12.1. The molecule has 2 unspecified atom stereocenters. The van der Waals surface area contributed by atoms with Crippen LogP contribution in [0.25, 0.3) is 0 Å². The lowest BCUT2D eigenvalue weighted by atomic mass is 10.1. The van der Waals surface area contributed by atoms with Crippen LogP contribution in [-0.4, -0.2) is 18.4 Å². The molecular weight excluding hydrogens is 326 g/mol. The van der Waals surface area contributed by atoms with Crippen LogP contribution in [0, 0.1) is 5.92 Å². The average molecular weight is 344 g/mol. The van der Waals surface area contributed by atoms with Crippen LogP contribution in [0.5, 0.6) is 0 Å². The van der Waals surface area contributed by atoms with E-state index in [4.69, 9.17) is 16.3 Å². The Morgan fingerprint density at radius 3 is 2.54 bits per heavy atom. The van der Waals surface area contributed by atoms with Crippen LogP contribution in [0.15, 0.2) is 54.6 Å². The molecule has 2 aromatic rings. The van der Waals surface area contributed by atoms with Crippen LogP contribution in [0.2, 0.25) is 5.02 Å². The molecule has 0 heterocycles. The summed E-state index contributed by atoms with van der Waals surface area (Å²) in [5, 5.41) is 3.32. The molecule has 0 aromatic heterocycles. The zero-order valence-electron chi connectivity index (χ0n) is 13.1. The molecule has 1 aliphatic rings. The van der Waals surface area contributed by atoms with Gasteiger partial charge >= 0.3 is 5.97 Å². The van der Waals surface area contributed by atoms with Crippen LogP contribution in [0.4, 0.5) is 0 Å². The van der Waals surface area contributed by atoms with Crippen molar-refractivity contribution in [3.8, 4) is 0 Å². The van der Waals surface area contributed by atoms with Gasteiger partial charge in [0.2, 0.25) is 5.91 Å². The molecule has 0 radical (unpaired) electrons. The number of amides is 1. The van der Waals surface area contributed by atoms with E-state index in [1.165, 1.54) is 0 Å². The fourth-order valence-electron chi connectivity index (χ4n) is 2.68. The molecule has 124 valence electrons. The molecule has 0 spiro atoms. The Morgan fingerprint density at radius 2 is 1.79 bits per heavy atom. The minimum absolute atomic E-state index is 0.114. The summed E-state index contributed by atoms with van der Waals surface area (Å²) >= 11 is 6.15. The number of carbonyl (C=O) groups excluding carboxylic acids is 2. The highest BCUT2D eigenvalue weighted by Crippen LogP contribution is 2.49. The standard InChI is InChI=1S/C19H18ClNO3/c20-17-9-5-4-8-14(17)15-10-16(15)19(23)21-11-18(22)24-12-13-6-2-1-3-7-13/h1-9,15-16H,10-12H2,(H,21,23). The summed E-state index contributed by atoms with van der Waals surface area (Å²) in [6.45, 7) is 0.0959. The summed E-state index contributed by atoms with van der Waals surface area (Å²) in [6.07, 6.45) is 0.759. The number of hydrogen-bond acceptors (Lipinski definition) is 3. The van der Waals surface area contributed by atoms with Gasteiger partial charge in [-0.1, -0.05) is 60.1 Å². The monoisotopic (exact) mass is 343 g/mol. The second kappa shape index (κ2) is 7.49. The van der Waals surface area contributed by atoms with E-state index in [-0.39, 0.29) is 30.9 Å². The SMILES string of the molecule is O=C(CNC(=O)C1CC1c1ccccc1Cl)OCc1ccccc1. The van der Waals surface area contributed by atoms with Crippen molar-refractivity contribution < 1.29 is 14.3 Å². The van der Waals surface area contributed by atoms with E-state index in [0.29, 0.717) is 5.02 Å². The molecule has 24 heavy (non-hydrogen) atoms. The molecule has 2 aromatic carbocycles. The Morgan fingerprint density at radius 1 is 1.08 bits per heavy atom. The van der Waals surface area contributed by atoms with E-state index < -0.39 is 5.97 Å². The van der Waals surface area contributed by atoms with Crippen LogP contribution in [-0.2, 0) is 20.9 Å². The summed E-state index contributed by atoms with van der Waals surface area (Å²) in [6, 6.07) is 17.0. The van der Waals surface area contributed by atoms with Gasteiger partial charge in [0.05, 0.1) is 0 Å². The largest absolute Gasteiger partial charge is 0.460 e. The van der Waals surface area contributed by atoms with E-state index in [1.54, 1.807) is 0 Å². The predicted octanol–water partition coefficient (Wildman–Crippen LogP) is 3.30. The number of nitrogens with one attached hydrogen (secondary N) is 1. The van der Waals surface area contributed by atoms with Crippen molar-refractivity contribution >= 4 is 23.5 Å². The molecule has 4 nitrogen and oxygen atoms in total. The van der Waals surface area contributed by atoms with Gasteiger partial charge in [0.1, 0.15) is 13.2 Å². The third-order valence-electron chi connectivity index (χ3n) is 4.08. The summed E-state index contributed by atoms with van der Waals surface area (Å²) in [5.41, 5.74) is 1.91. The van der Waals surface area contributed by atoms with Gasteiger partial charge in [-0.05, 0) is 29.5 Å². The lowest BCUT2D eigenvalue weighted by molar-refractivity contribution is -0.145. The first-order valence-electron chi connectivity index (χ1n) is 7.87. The molecule has 1 aliphatic carbocycles. The van der Waals surface area contributed by atoms with Gasteiger partial charge in [-0.25, -0.2) is 0 Å². The van der Waals surface area contributed by atoms with E-state index >= 15 is 0 Å². The van der Waals surface area contributed by atoms with Crippen molar-refractivity contribution in [2.45, 2.75) is 18.9 Å². The maximum Gasteiger partial charge on any atom is 0.325 e. The van der Waals surface area contributed by atoms with Crippen molar-refractivity contribution in [1.29, 1.82) is 0 Å². The van der Waals surface area contributed by atoms with Crippen molar-refractivity contribution in [2.75, 3.05) is 6.54 Å². The predicted molar refractivity (Wildman–Crippen MR) is 91.5 cm³/mol. The van der Waals surface area contributed by atoms with Crippen LogP contribution in [0.1, 0.15) is 23.5 Å². The van der Waals surface area contributed by atoms with Gasteiger partial charge in [-0.15, -0.1) is 0 Å². The smallest absolute Gasteiger partial charge is 0.325 e. The first kappa shape index (κ1) is 16.5. The highest BCUT2D eigenvalue weighted by molar-refractivity contribution is 6.31. The van der Waals surface area contributed by atoms with Crippen molar-refractivity contribution in [1.82, 2.24) is 5.32 Å². The van der Waals surface area contributed by atoms with Crippen LogP contribution in [0.3, 0.4) is 0 Å². The highest BCUT2D eigenvalue weighted by Gasteiger charge is 2.44. The molecule has 1 fully saturated rings. The Kier molecular flexibility index (Phi) is 5.16. The quantitative estimate of drug-likeness (QED) is 0.819. The summed E-state index contributed by atoms with van der Waals surface area (Å²) in [5.74, 6) is -0.551. The highest BCUT2D eigenvalue weighted by atomic mass is 35.5. The molecule has 1 N–H and O–H groups in total. The second-order valence-corrected chi connectivity index (χ2v) is 6.24. The number of hydrogen-bond donors (Lipinski definition) is 1. The Balaban J connectivity index is 1.42. The van der Waals surface area contributed by atoms with E-state index in [1.807, 2.05) is 54.6 Å². The fourth-order valence-corrected chi connectivity index (χ4v) is 2.96. The minimum atomic E-state index is -0.442. The lowest BCUT2D eigenvalue weighted by Crippen LogP contribution is -2.32. The Hall–Kier alpha value is -2.33. The third kappa shape index (κ3) is 4.15. The first-order chi connectivity index (χ1) is 11.6. The minimum Gasteiger partial charge on any atom is -0.460 e. The normalized spacial score (nSPS) is 18.7. The molecule has 1 saturated carbocycles. The zero-order valence-corrected chi connectivity index (χ0v) is 13.8. The molecule has 0 aliphatic heterocycles. The number of ether oxygens (including phenoxy) is 1. The van der Waals surface area contributed by atoms with Crippen LogP contribution >= 0.6 is 11.6 Å². The number of rotatable bonds is 6. The lowest BCUT2D eigenvalue weighted by Gasteiger charge is -2.07. The van der Waals surface area contributed by atoms with Crippen LogP contribution < -0.4 is 5.32 Å². The van der Waals surface area contributed by atoms with Crippen molar-refractivity contribution in [3.63, 3.8) is 0 Å². The average Bonchev–Trinajstić information content (AvgIpc) is 3.40. The molecule has 0 saturated heterocycles. The van der Waals surface area contributed by atoms with Gasteiger partial charge in [-0.3, -0.25) is 9.59 Å². The van der Waals surface area contributed by atoms with Gasteiger partial charge in [0.25, 0.3) is 0 Å². The first-order valence-corrected chi connectivity index (χ1v) is 8.24. The van der Waals surface area contributed by atoms with Crippen molar-refractivity contribution in [3.05, 3.63) is 70.7 Å². The fraction of sp³-hybridized carbons (Fsp3) is 0.263. The Labute approximate surface area is 145 Å². The third-order valence-corrected chi connectivity index (χ3v) is 4.43. The second-order valence-electron chi connectivity index (χ2n) is 5.83. The summed E-state index contributed by atoms with van der Waals surface area (Å²) in [4.78, 5) is 23.8. The van der Waals surface area contributed by atoms with Crippen molar-refractivity contribution in [2.24, 2.45) is 5.92 Å². The zero-order chi connectivity index (χ0) is 16.9. The number of esters is 1. The molecule has 5 heteroatoms. The van der Waals surface area contributed by atoms with E-state index in [2.05, 4.69) is 5.32 Å². The summed E-state index contributed by atoms with van der Waals surface area (Å²) in [7, 11) is 0. The van der Waals surface area contributed by atoms with Gasteiger partial charge in [0, 0.05) is 10.9 Å². The number of carbonyl (C=O) groups is 2. The molecule has 2 atom stereocenters. The Bertz CT molecular complexity index is 732. The maximum atomic E-state index is 12.1. The van der Waals surface area contributed by atoms with E-state index in [0.717, 1.165) is 17.5 Å². The topological polar surface area (TPSA) is 55.4 Å². The van der Waals surface area contributed by atoms with Gasteiger partial charge < -0.3 is 10.1 Å². The van der Waals surface area contributed by atoms with Gasteiger partial charge in [0.15, 0.2) is 0 Å². The van der Waals surface area contributed by atoms with Gasteiger partial charge in [-0.2, -0.15) is 0 Å². The molecule has 0 bridgehead atoms. The number of benzene rings is 2. The van der Waals surface area contributed by atoms with E-state index in [9.17, 15) is 9.59 Å². The number of halogens is 1.